The average molecular weight is 676 g/mol. The minimum Gasteiger partial charge on any atom is -0.282 e. The zero-order chi connectivity index (χ0) is 28.3. The molecule has 0 unspecified atom stereocenters. The van der Waals surface area contributed by atoms with E-state index in [2.05, 4.69) is 20.8 Å². The Morgan fingerprint density at radius 3 is 2.08 bits per heavy atom. The number of nitrogens with one attached hydrogen (secondary N) is 1. The fraction of sp³-hybridized carbons (Fsp3) is 0. The lowest BCUT2D eigenvalue weighted by molar-refractivity contribution is -0.393. The molecule has 3 aromatic carbocycles. The molecule has 19 heteroatoms. The number of hydrogen-bond acceptors (Lipinski definition) is 11. The van der Waals surface area contributed by atoms with Crippen molar-refractivity contribution in [1.29, 1.82) is 0 Å². The summed E-state index contributed by atoms with van der Waals surface area (Å²) in [6.45, 7) is 0. The Balaban J connectivity index is 2.21. The van der Waals surface area contributed by atoms with Gasteiger partial charge in [0.1, 0.15) is 4.90 Å². The molecule has 0 aliphatic heterocycles. The van der Waals surface area contributed by atoms with Gasteiger partial charge >= 0.3 is 5.69 Å². The first kappa shape index (κ1) is 28.6. The summed E-state index contributed by atoms with van der Waals surface area (Å²) in [5.74, 6) is -0.606. The Morgan fingerprint density at radius 2 is 1.53 bits per heavy atom. The van der Waals surface area contributed by atoms with E-state index in [9.17, 15) is 46.2 Å². The lowest BCUT2D eigenvalue weighted by Crippen LogP contribution is -2.11. The second-order valence-corrected chi connectivity index (χ2v) is 11.1. The van der Waals surface area contributed by atoms with Crippen LogP contribution in [0.4, 0.5) is 22.7 Å². The van der Waals surface area contributed by atoms with Crippen LogP contribution in [0, 0.1) is 23.8 Å². The molecule has 0 spiro atoms. The predicted octanol–water partition coefficient (Wildman–Crippen LogP) is 4.16. The number of halogens is 1. The molecule has 16 nitrogen and oxygen atoms in total. The maximum absolute atomic E-state index is 12.0. The van der Waals surface area contributed by atoms with Gasteiger partial charge in [-0.1, -0.05) is 0 Å². The minimum atomic E-state index is -5.14. The fourth-order valence-corrected chi connectivity index (χ4v) is 4.45. The smallest absolute Gasteiger partial charge is 0.282 e. The number of hydrazone groups is 1. The van der Waals surface area contributed by atoms with Gasteiger partial charge in [-0.2, -0.15) is 21.9 Å². The summed E-state index contributed by atoms with van der Waals surface area (Å²) in [5, 5.41) is 33.7. The summed E-state index contributed by atoms with van der Waals surface area (Å²) >= 11 is 2.05. The van der Waals surface area contributed by atoms with Gasteiger partial charge in [-0.3, -0.25) is 34.8 Å². The first-order valence-electron chi connectivity index (χ1n) is 9.70. The summed E-state index contributed by atoms with van der Waals surface area (Å²) in [7, 11) is -10.0. The molecular weight excluding hydrogens is 663 g/mol. The molecule has 0 radical (unpaired) electrons. The molecule has 0 fully saturated rings. The number of amidine groups is 1. The summed E-state index contributed by atoms with van der Waals surface area (Å²) in [6.07, 6.45) is 0. The van der Waals surface area contributed by atoms with Crippen LogP contribution < -0.4 is 5.43 Å². The Labute approximate surface area is 227 Å². The van der Waals surface area contributed by atoms with Gasteiger partial charge in [0.15, 0.2) is 5.69 Å². The summed E-state index contributed by atoms with van der Waals surface area (Å²) in [4.78, 5) is 18.7. The van der Waals surface area contributed by atoms with E-state index in [4.69, 9.17) is 0 Å². The second kappa shape index (κ2) is 11.2. The molecular formula is C19H13IN6O10S2. The van der Waals surface area contributed by atoms with Gasteiger partial charge in [-0.05, 0) is 71.1 Å². The second-order valence-electron chi connectivity index (χ2n) is 7.05. The normalized spacial score (nSPS) is 12.4. The third-order valence-corrected chi connectivity index (χ3v) is 6.99. The number of nitro benzene ring substituents is 2. The molecule has 0 amide bonds. The van der Waals surface area contributed by atoms with Crippen molar-refractivity contribution >= 4 is 71.4 Å². The molecule has 3 rings (SSSR count). The number of nitrogens with zero attached hydrogens (tertiary/aromatic N) is 5. The first-order valence-corrected chi connectivity index (χ1v) is 13.7. The van der Waals surface area contributed by atoms with Crippen LogP contribution >= 0.6 is 22.6 Å². The molecule has 0 aliphatic carbocycles. The van der Waals surface area contributed by atoms with Gasteiger partial charge in [0.25, 0.3) is 25.9 Å². The van der Waals surface area contributed by atoms with Crippen LogP contribution in [0.1, 0.15) is 5.56 Å². The van der Waals surface area contributed by atoms with Crippen molar-refractivity contribution in [3.8, 4) is 0 Å². The van der Waals surface area contributed by atoms with Crippen LogP contribution in [0.25, 0.3) is 0 Å². The topological polar surface area (TPSA) is 244 Å². The summed E-state index contributed by atoms with van der Waals surface area (Å²) in [6, 6.07) is 11.2. The zero-order valence-corrected chi connectivity index (χ0v) is 22.2. The summed E-state index contributed by atoms with van der Waals surface area (Å²) < 4.78 is 66.9. The third kappa shape index (κ3) is 7.10. The van der Waals surface area contributed by atoms with Gasteiger partial charge in [0.2, 0.25) is 5.84 Å². The van der Waals surface area contributed by atoms with Gasteiger partial charge in [-0.25, -0.2) is 0 Å². The van der Waals surface area contributed by atoms with Crippen molar-refractivity contribution in [3.63, 3.8) is 0 Å². The van der Waals surface area contributed by atoms with Gasteiger partial charge in [0, 0.05) is 15.2 Å². The Hall–Kier alpha value is -3.92. The van der Waals surface area contributed by atoms with Crippen LogP contribution in [-0.2, 0) is 20.2 Å². The number of non-ortho nitro benzene ring substituents is 1. The minimum absolute atomic E-state index is 0.377. The Morgan fingerprint density at radius 1 is 0.868 bits per heavy atom. The van der Waals surface area contributed by atoms with Crippen LogP contribution in [0.2, 0.25) is 0 Å². The molecule has 3 aromatic rings. The highest BCUT2D eigenvalue weighted by atomic mass is 127. The summed E-state index contributed by atoms with van der Waals surface area (Å²) in [5.41, 5.74) is 0.558. The highest BCUT2D eigenvalue weighted by Gasteiger charge is 2.24. The van der Waals surface area contributed by atoms with E-state index >= 15 is 0 Å². The molecule has 3 N–H and O–H groups in total. The molecule has 0 saturated carbocycles. The maximum Gasteiger partial charge on any atom is 0.303 e. The van der Waals surface area contributed by atoms with E-state index in [1.54, 1.807) is 24.3 Å². The number of azo groups is 1. The number of hydrogen-bond donors (Lipinski definition) is 3. The van der Waals surface area contributed by atoms with E-state index in [-0.39, 0.29) is 0 Å². The maximum atomic E-state index is 12.0. The largest absolute Gasteiger partial charge is 0.303 e. The molecule has 0 heterocycles. The van der Waals surface area contributed by atoms with Crippen molar-refractivity contribution in [2.24, 2.45) is 15.3 Å². The fourth-order valence-electron chi connectivity index (χ4n) is 2.80. The Kier molecular flexibility index (Phi) is 8.46. The lowest BCUT2D eigenvalue weighted by atomic mass is 10.2. The molecule has 38 heavy (non-hydrogen) atoms. The van der Waals surface area contributed by atoms with E-state index in [1.807, 2.05) is 22.6 Å². The lowest BCUT2D eigenvalue weighted by Gasteiger charge is -2.09. The van der Waals surface area contributed by atoms with E-state index < -0.39 is 68.3 Å². The van der Waals surface area contributed by atoms with Crippen LogP contribution in [0.15, 0.2) is 85.8 Å². The van der Waals surface area contributed by atoms with E-state index in [0.717, 1.165) is 27.8 Å². The van der Waals surface area contributed by atoms with Gasteiger partial charge < -0.3 is 0 Å². The number of rotatable bonds is 8. The zero-order valence-electron chi connectivity index (χ0n) is 18.4. The van der Waals surface area contributed by atoms with Crippen molar-refractivity contribution in [3.05, 3.63) is 90.0 Å². The van der Waals surface area contributed by atoms with Crippen molar-refractivity contribution in [2.45, 2.75) is 9.79 Å². The molecule has 0 atom stereocenters. The van der Waals surface area contributed by atoms with Gasteiger partial charge in [0.05, 0.1) is 26.5 Å². The van der Waals surface area contributed by atoms with Gasteiger partial charge in [-0.15, -0.1) is 10.2 Å². The quantitative estimate of drug-likeness (QED) is 0.0581. The molecule has 0 bridgehead atoms. The monoisotopic (exact) mass is 676 g/mol. The van der Waals surface area contributed by atoms with Crippen LogP contribution in [0.3, 0.4) is 0 Å². The molecule has 0 aliphatic rings. The first-order chi connectivity index (χ1) is 17.7. The molecule has 198 valence electrons. The molecule has 0 aromatic heterocycles. The van der Waals surface area contributed by atoms with E-state index in [1.165, 1.54) is 0 Å². The van der Waals surface area contributed by atoms with Crippen molar-refractivity contribution in [2.75, 3.05) is 5.43 Å². The third-order valence-electron chi connectivity index (χ3n) is 4.52. The Bertz CT molecular complexity index is 1710. The standard InChI is InChI=1S/C19H13IN6O10S2/c20-11-1-3-12(4-2-11)21-23-19(15-7-6-14(37(31,32)33)10-18(15)38(34,35)36)24-22-16-8-5-13(25(27)28)9-17(16)26(29)30/h1-10,21H,(H,31,32,33)(H,34,35,36)/b23-19+,24-22?. The number of benzene rings is 3. The highest BCUT2D eigenvalue weighted by molar-refractivity contribution is 14.1. The van der Waals surface area contributed by atoms with Crippen LogP contribution in [0.5, 0.6) is 0 Å². The van der Waals surface area contributed by atoms with E-state index in [0.29, 0.717) is 17.8 Å². The SMILES string of the molecule is O=[N+]([O-])c1ccc(N=N/C(=N/Nc2ccc(I)cc2)c2ccc(S(=O)(=O)O)cc2S(=O)(=O)O)c([N+](=O)[O-])c1. The van der Waals surface area contributed by atoms with Crippen LogP contribution in [-0.4, -0.2) is 41.6 Å². The van der Waals surface area contributed by atoms with Crippen molar-refractivity contribution < 1.29 is 35.8 Å². The highest BCUT2D eigenvalue weighted by Crippen LogP contribution is 2.32. The average Bonchev–Trinajstić information content (AvgIpc) is 2.83. The number of anilines is 1. The van der Waals surface area contributed by atoms with Crippen molar-refractivity contribution in [1.82, 2.24) is 0 Å². The molecule has 0 saturated heterocycles. The predicted molar refractivity (Wildman–Crippen MR) is 140 cm³/mol. The number of nitro groups is 2.